The summed E-state index contributed by atoms with van der Waals surface area (Å²) in [6.07, 6.45) is 2.89. The summed E-state index contributed by atoms with van der Waals surface area (Å²) in [4.78, 5) is 25.2. The largest absolute Gasteiger partial charge is 0.490 e. The second-order valence-corrected chi connectivity index (χ2v) is 8.53. The lowest BCUT2D eigenvalue weighted by Gasteiger charge is -2.19. The van der Waals surface area contributed by atoms with Crippen molar-refractivity contribution in [3.63, 3.8) is 0 Å². The maximum atomic E-state index is 12.7. The molecule has 0 aliphatic carbocycles. The van der Waals surface area contributed by atoms with Crippen molar-refractivity contribution in [1.29, 1.82) is 0 Å². The molecule has 8 nitrogen and oxygen atoms in total. The van der Waals surface area contributed by atoms with Gasteiger partial charge < -0.3 is 19.5 Å². The zero-order chi connectivity index (χ0) is 25.6. The number of amides is 2. The van der Waals surface area contributed by atoms with Gasteiger partial charge in [-0.15, -0.1) is 0 Å². The first-order valence-electron chi connectivity index (χ1n) is 12.0. The highest BCUT2D eigenvalue weighted by atomic mass is 16.5. The van der Waals surface area contributed by atoms with Crippen molar-refractivity contribution in [3.8, 4) is 17.2 Å². The average Bonchev–Trinajstić information content (AvgIpc) is 2.82. The van der Waals surface area contributed by atoms with E-state index in [1.54, 1.807) is 12.1 Å². The summed E-state index contributed by atoms with van der Waals surface area (Å²) in [6, 6.07) is 12.2. The van der Waals surface area contributed by atoms with Gasteiger partial charge in [-0.2, -0.15) is 5.10 Å². The minimum atomic E-state index is -0.732. The van der Waals surface area contributed by atoms with Crippen LogP contribution in [0.1, 0.15) is 51.7 Å². The number of aryl methyl sites for hydroxylation is 1. The van der Waals surface area contributed by atoms with Crippen molar-refractivity contribution in [2.75, 3.05) is 19.8 Å². The van der Waals surface area contributed by atoms with E-state index in [1.807, 2.05) is 65.0 Å². The van der Waals surface area contributed by atoms with E-state index < -0.39 is 11.9 Å². The molecule has 0 radical (unpaired) electrons. The van der Waals surface area contributed by atoms with Crippen LogP contribution in [0, 0.1) is 12.8 Å². The zero-order valence-electron chi connectivity index (χ0n) is 21.3. The number of rotatable bonds is 14. The molecule has 0 aliphatic heterocycles. The molecule has 8 heteroatoms. The Bertz CT molecular complexity index is 991. The van der Waals surface area contributed by atoms with Crippen LogP contribution in [0.25, 0.3) is 0 Å². The van der Waals surface area contributed by atoms with Crippen molar-refractivity contribution in [3.05, 3.63) is 53.6 Å². The minimum absolute atomic E-state index is 0.178. The van der Waals surface area contributed by atoms with Crippen LogP contribution in [0.15, 0.2) is 47.6 Å². The van der Waals surface area contributed by atoms with Crippen LogP contribution in [-0.4, -0.2) is 43.9 Å². The fraction of sp³-hybridized carbons (Fsp3) is 0.444. The highest BCUT2D eigenvalue weighted by Crippen LogP contribution is 2.28. The molecule has 2 N–H and O–H groups in total. The van der Waals surface area contributed by atoms with E-state index in [9.17, 15) is 9.59 Å². The van der Waals surface area contributed by atoms with Gasteiger partial charge in [0.1, 0.15) is 11.8 Å². The Hall–Kier alpha value is -3.55. The number of benzene rings is 2. The van der Waals surface area contributed by atoms with Gasteiger partial charge >= 0.3 is 0 Å². The van der Waals surface area contributed by atoms with E-state index in [4.69, 9.17) is 14.2 Å². The smallest absolute Gasteiger partial charge is 0.262 e. The van der Waals surface area contributed by atoms with Gasteiger partial charge in [0.2, 0.25) is 0 Å². The molecule has 0 heterocycles. The molecule has 0 saturated carbocycles. The predicted octanol–water partition coefficient (Wildman–Crippen LogP) is 4.24. The lowest BCUT2D eigenvalue weighted by molar-refractivity contribution is -0.130. The Balaban J connectivity index is 1.98. The van der Waals surface area contributed by atoms with E-state index >= 15 is 0 Å². The number of carbonyl (C=O) groups excluding carboxylic acids is 2. The lowest BCUT2D eigenvalue weighted by Crippen LogP contribution is -2.47. The van der Waals surface area contributed by atoms with Gasteiger partial charge in [-0.1, -0.05) is 39.0 Å². The number of ether oxygens (including phenoxy) is 3. The SMILES string of the molecule is CCCOc1ccc(/C=N\NC(=O)[C@@H](CC(C)C)NC(=O)COc2ccccc2C)cc1OCC. The van der Waals surface area contributed by atoms with Crippen LogP contribution < -0.4 is 25.0 Å². The van der Waals surface area contributed by atoms with E-state index in [1.165, 1.54) is 6.21 Å². The molecule has 0 spiro atoms. The van der Waals surface area contributed by atoms with Gasteiger partial charge in [-0.25, -0.2) is 5.43 Å². The van der Waals surface area contributed by atoms with Crippen LogP contribution in [0.5, 0.6) is 17.2 Å². The number of nitrogens with one attached hydrogen (secondary N) is 2. The molecule has 0 fully saturated rings. The first-order valence-corrected chi connectivity index (χ1v) is 12.0. The fourth-order valence-electron chi connectivity index (χ4n) is 3.25. The average molecular weight is 484 g/mol. The van der Waals surface area contributed by atoms with Crippen molar-refractivity contribution < 1.29 is 23.8 Å². The van der Waals surface area contributed by atoms with Gasteiger partial charge in [-0.05, 0) is 68.0 Å². The Morgan fingerprint density at radius 1 is 1.00 bits per heavy atom. The summed E-state index contributed by atoms with van der Waals surface area (Å²) in [7, 11) is 0. The molecule has 0 unspecified atom stereocenters. The number of para-hydroxylation sites is 1. The third kappa shape index (κ3) is 9.68. The van der Waals surface area contributed by atoms with Crippen molar-refractivity contribution in [2.45, 2.75) is 53.5 Å². The Kier molecular flexibility index (Phi) is 11.6. The van der Waals surface area contributed by atoms with Gasteiger partial charge in [0.15, 0.2) is 18.1 Å². The molecule has 0 aliphatic rings. The quantitative estimate of drug-likeness (QED) is 0.309. The predicted molar refractivity (Wildman–Crippen MR) is 137 cm³/mol. The molecule has 190 valence electrons. The number of hydrazone groups is 1. The summed E-state index contributed by atoms with van der Waals surface area (Å²) in [5.74, 6) is 1.35. The molecule has 1 atom stereocenters. The number of hydrogen-bond acceptors (Lipinski definition) is 6. The van der Waals surface area contributed by atoms with Crippen LogP contribution in [0.3, 0.4) is 0 Å². The first kappa shape index (κ1) is 27.7. The summed E-state index contributed by atoms with van der Waals surface area (Å²) in [6.45, 7) is 10.7. The molecule has 0 saturated heterocycles. The molecule has 2 rings (SSSR count). The maximum Gasteiger partial charge on any atom is 0.262 e. The van der Waals surface area contributed by atoms with E-state index in [2.05, 4.69) is 15.8 Å². The second kappa shape index (κ2) is 14.7. The molecular formula is C27H37N3O5. The third-order valence-corrected chi connectivity index (χ3v) is 4.93. The zero-order valence-corrected chi connectivity index (χ0v) is 21.3. The summed E-state index contributed by atoms with van der Waals surface area (Å²) in [5.41, 5.74) is 4.21. The van der Waals surface area contributed by atoms with Crippen molar-refractivity contribution in [1.82, 2.24) is 10.7 Å². The van der Waals surface area contributed by atoms with Gasteiger partial charge in [0.05, 0.1) is 19.4 Å². The molecule has 35 heavy (non-hydrogen) atoms. The van der Waals surface area contributed by atoms with E-state index in [0.717, 1.165) is 17.5 Å². The first-order chi connectivity index (χ1) is 16.8. The second-order valence-electron chi connectivity index (χ2n) is 8.53. The molecular weight excluding hydrogens is 446 g/mol. The van der Waals surface area contributed by atoms with Gasteiger partial charge in [0, 0.05) is 0 Å². The number of hydrogen-bond donors (Lipinski definition) is 2. The number of nitrogens with zero attached hydrogens (tertiary/aromatic N) is 1. The topological polar surface area (TPSA) is 98.2 Å². The van der Waals surface area contributed by atoms with Gasteiger partial charge in [-0.3, -0.25) is 9.59 Å². The monoisotopic (exact) mass is 483 g/mol. The normalized spacial score (nSPS) is 11.8. The van der Waals surface area contributed by atoms with Crippen LogP contribution in [0.2, 0.25) is 0 Å². The van der Waals surface area contributed by atoms with E-state index in [-0.39, 0.29) is 18.4 Å². The Labute approximate surface area is 208 Å². The minimum Gasteiger partial charge on any atom is -0.490 e. The van der Waals surface area contributed by atoms with Gasteiger partial charge in [0.25, 0.3) is 11.8 Å². The van der Waals surface area contributed by atoms with Crippen molar-refractivity contribution in [2.24, 2.45) is 11.0 Å². The van der Waals surface area contributed by atoms with Crippen LogP contribution in [-0.2, 0) is 9.59 Å². The van der Waals surface area contributed by atoms with Crippen LogP contribution in [0.4, 0.5) is 0 Å². The fourth-order valence-corrected chi connectivity index (χ4v) is 3.25. The molecule has 0 bridgehead atoms. The Morgan fingerprint density at radius 2 is 1.77 bits per heavy atom. The summed E-state index contributed by atoms with van der Waals surface area (Å²) < 4.78 is 17.0. The third-order valence-electron chi connectivity index (χ3n) is 4.93. The Morgan fingerprint density at radius 3 is 2.46 bits per heavy atom. The molecule has 2 amide bonds. The summed E-state index contributed by atoms with van der Waals surface area (Å²) in [5, 5.41) is 6.82. The summed E-state index contributed by atoms with van der Waals surface area (Å²) >= 11 is 0. The maximum absolute atomic E-state index is 12.7. The molecule has 2 aromatic rings. The highest BCUT2D eigenvalue weighted by Gasteiger charge is 2.22. The standard InChI is InChI=1S/C27H37N3O5/c1-6-14-34-24-13-12-21(16-25(24)33-7-2)17-28-30-27(32)22(15-19(3)4)29-26(31)18-35-23-11-9-8-10-20(23)5/h8-13,16-17,19,22H,6-7,14-15,18H2,1-5H3,(H,29,31)(H,30,32)/b28-17-/t22-/m1/s1. The lowest BCUT2D eigenvalue weighted by atomic mass is 10.0. The molecule has 2 aromatic carbocycles. The number of carbonyl (C=O) groups is 2. The van der Waals surface area contributed by atoms with Crippen molar-refractivity contribution >= 4 is 18.0 Å². The van der Waals surface area contributed by atoms with E-state index in [0.29, 0.717) is 36.9 Å². The highest BCUT2D eigenvalue weighted by molar-refractivity contribution is 5.89. The van der Waals surface area contributed by atoms with Crippen LogP contribution >= 0.6 is 0 Å². The molecule has 0 aromatic heterocycles.